The molecule has 21 heavy (non-hydrogen) atoms. The van der Waals surface area contributed by atoms with Crippen LogP contribution < -0.4 is 10.2 Å². The Morgan fingerprint density at radius 3 is 2.90 bits per heavy atom. The summed E-state index contributed by atoms with van der Waals surface area (Å²) in [4.78, 5) is 25.1. The van der Waals surface area contributed by atoms with Gasteiger partial charge in [0, 0.05) is 12.2 Å². The molecular weight excluding hydrogens is 268 g/mol. The van der Waals surface area contributed by atoms with Gasteiger partial charge in [0.1, 0.15) is 6.04 Å². The third-order valence-corrected chi connectivity index (χ3v) is 3.61. The van der Waals surface area contributed by atoms with Gasteiger partial charge in [0.15, 0.2) is 0 Å². The molecule has 2 rings (SSSR count). The first-order valence-electron chi connectivity index (χ1n) is 7.07. The Balaban J connectivity index is 1.93. The van der Waals surface area contributed by atoms with E-state index >= 15 is 0 Å². The molecule has 1 aliphatic heterocycles. The molecule has 1 amide bonds. The van der Waals surface area contributed by atoms with Crippen molar-refractivity contribution in [2.75, 3.05) is 18.0 Å². The van der Waals surface area contributed by atoms with Crippen molar-refractivity contribution in [3.05, 3.63) is 42.5 Å². The first-order valence-corrected chi connectivity index (χ1v) is 7.07. The van der Waals surface area contributed by atoms with Gasteiger partial charge in [-0.15, -0.1) is 6.58 Å². The van der Waals surface area contributed by atoms with E-state index in [1.807, 2.05) is 23.1 Å². The fourth-order valence-corrected chi connectivity index (χ4v) is 2.53. The molecule has 0 radical (unpaired) electrons. The van der Waals surface area contributed by atoms with Crippen molar-refractivity contribution in [1.82, 2.24) is 5.32 Å². The second-order valence-electron chi connectivity index (χ2n) is 5.12. The Bertz CT molecular complexity index is 542. The molecule has 0 fully saturated rings. The number of aliphatic carboxylic acids is 1. The van der Waals surface area contributed by atoms with Crippen molar-refractivity contribution in [3.8, 4) is 0 Å². The fraction of sp³-hybridized carbons (Fsp3) is 0.375. The average Bonchev–Trinajstić information content (AvgIpc) is 2.86. The minimum absolute atomic E-state index is 0.189. The average molecular weight is 288 g/mol. The molecule has 2 N–H and O–H groups in total. The molecule has 1 heterocycles. The van der Waals surface area contributed by atoms with E-state index < -0.39 is 12.0 Å². The van der Waals surface area contributed by atoms with Crippen LogP contribution >= 0.6 is 0 Å². The van der Waals surface area contributed by atoms with Gasteiger partial charge in [-0.05, 0) is 30.9 Å². The molecule has 1 aromatic carbocycles. The van der Waals surface area contributed by atoms with E-state index in [0.29, 0.717) is 12.8 Å². The molecule has 5 heteroatoms. The van der Waals surface area contributed by atoms with Crippen LogP contribution in [0.4, 0.5) is 5.69 Å². The lowest BCUT2D eigenvalue weighted by molar-refractivity contribution is -0.141. The zero-order chi connectivity index (χ0) is 15.2. The van der Waals surface area contributed by atoms with Gasteiger partial charge < -0.3 is 15.3 Å². The predicted octanol–water partition coefficient (Wildman–Crippen LogP) is 1.58. The van der Waals surface area contributed by atoms with Crippen LogP contribution in [0.1, 0.15) is 18.4 Å². The molecule has 0 aromatic heterocycles. The number of nitrogens with one attached hydrogen (secondary N) is 1. The van der Waals surface area contributed by atoms with Crippen molar-refractivity contribution in [3.63, 3.8) is 0 Å². The summed E-state index contributed by atoms with van der Waals surface area (Å²) in [5.41, 5.74) is 2.29. The summed E-state index contributed by atoms with van der Waals surface area (Å²) in [6, 6.07) is 7.12. The fourth-order valence-electron chi connectivity index (χ4n) is 2.53. The Labute approximate surface area is 124 Å². The first kappa shape index (κ1) is 15.1. The minimum atomic E-state index is -1.01. The maximum atomic E-state index is 12.0. The normalized spacial score (nSPS) is 14.4. The summed E-state index contributed by atoms with van der Waals surface area (Å²) in [6.45, 7) is 4.54. The van der Waals surface area contributed by atoms with Gasteiger partial charge in [0.2, 0.25) is 5.91 Å². The van der Waals surface area contributed by atoms with E-state index in [1.54, 1.807) is 6.08 Å². The van der Waals surface area contributed by atoms with Crippen molar-refractivity contribution >= 4 is 17.6 Å². The van der Waals surface area contributed by atoms with Crippen molar-refractivity contribution in [2.24, 2.45) is 0 Å². The molecule has 1 unspecified atom stereocenters. The number of carbonyl (C=O) groups is 2. The van der Waals surface area contributed by atoms with Crippen molar-refractivity contribution < 1.29 is 14.7 Å². The lowest BCUT2D eigenvalue weighted by Crippen LogP contribution is -2.45. The number of carboxylic acids is 1. The number of carbonyl (C=O) groups excluding carboxylic acids is 1. The Hall–Kier alpha value is -2.30. The number of hydrogen-bond acceptors (Lipinski definition) is 3. The van der Waals surface area contributed by atoms with E-state index in [-0.39, 0.29) is 12.5 Å². The molecule has 1 aliphatic rings. The second-order valence-corrected chi connectivity index (χ2v) is 5.12. The van der Waals surface area contributed by atoms with Gasteiger partial charge in [-0.2, -0.15) is 0 Å². The predicted molar refractivity (Wildman–Crippen MR) is 81.4 cm³/mol. The summed E-state index contributed by atoms with van der Waals surface area (Å²) in [6.07, 6.45) is 3.49. The highest BCUT2D eigenvalue weighted by Gasteiger charge is 2.23. The summed E-state index contributed by atoms with van der Waals surface area (Å²) < 4.78 is 0. The van der Waals surface area contributed by atoms with Crippen LogP contribution in [-0.4, -0.2) is 36.1 Å². The summed E-state index contributed by atoms with van der Waals surface area (Å²) in [7, 11) is 0. The number of para-hydroxylation sites is 1. The maximum absolute atomic E-state index is 12.0. The van der Waals surface area contributed by atoms with Gasteiger partial charge >= 0.3 is 5.97 Å². The van der Waals surface area contributed by atoms with E-state index in [9.17, 15) is 9.59 Å². The Morgan fingerprint density at radius 1 is 1.43 bits per heavy atom. The van der Waals surface area contributed by atoms with Gasteiger partial charge in [-0.25, -0.2) is 4.79 Å². The van der Waals surface area contributed by atoms with Gasteiger partial charge in [0.05, 0.1) is 6.54 Å². The van der Waals surface area contributed by atoms with E-state index in [4.69, 9.17) is 5.11 Å². The van der Waals surface area contributed by atoms with Crippen LogP contribution in [0, 0.1) is 0 Å². The van der Waals surface area contributed by atoms with Crippen LogP contribution in [0.5, 0.6) is 0 Å². The second kappa shape index (κ2) is 6.92. The third-order valence-electron chi connectivity index (χ3n) is 3.61. The van der Waals surface area contributed by atoms with Crippen LogP contribution in [0.2, 0.25) is 0 Å². The first-order chi connectivity index (χ1) is 10.1. The molecule has 1 aromatic rings. The number of nitrogens with zero attached hydrogens (tertiary/aromatic N) is 1. The highest BCUT2D eigenvalue weighted by atomic mass is 16.4. The minimum Gasteiger partial charge on any atom is -0.480 e. The zero-order valence-electron chi connectivity index (χ0n) is 11.9. The Kier molecular flexibility index (Phi) is 4.98. The summed E-state index contributed by atoms with van der Waals surface area (Å²) in [5, 5.41) is 11.7. The number of fused-ring (bicyclic) bond motifs is 1. The highest BCUT2D eigenvalue weighted by Crippen LogP contribution is 2.26. The van der Waals surface area contributed by atoms with E-state index in [0.717, 1.165) is 18.7 Å². The van der Waals surface area contributed by atoms with Crippen LogP contribution in [0.3, 0.4) is 0 Å². The highest BCUT2D eigenvalue weighted by molar-refractivity contribution is 5.87. The number of anilines is 1. The van der Waals surface area contributed by atoms with Crippen molar-refractivity contribution in [1.29, 1.82) is 0 Å². The quantitative estimate of drug-likeness (QED) is 0.748. The number of benzene rings is 1. The van der Waals surface area contributed by atoms with Gasteiger partial charge in [0.25, 0.3) is 0 Å². The monoisotopic (exact) mass is 288 g/mol. The molecule has 0 saturated carbocycles. The molecule has 0 bridgehead atoms. The lowest BCUT2D eigenvalue weighted by Gasteiger charge is -2.20. The number of allylic oxidation sites excluding steroid dienone is 1. The standard InChI is InChI=1S/C16H20N2O3/c1-2-3-7-13(16(20)21)17-15(19)11-18-10-9-12-6-4-5-8-14(12)18/h2,4-6,8,13H,1,3,7,9-11H2,(H,17,19)(H,20,21). The topological polar surface area (TPSA) is 69.6 Å². The Morgan fingerprint density at radius 2 is 2.19 bits per heavy atom. The van der Waals surface area contributed by atoms with Crippen LogP contribution in [0.25, 0.3) is 0 Å². The maximum Gasteiger partial charge on any atom is 0.326 e. The third kappa shape index (κ3) is 3.84. The smallest absolute Gasteiger partial charge is 0.326 e. The van der Waals surface area contributed by atoms with E-state index in [1.165, 1.54) is 5.56 Å². The zero-order valence-corrected chi connectivity index (χ0v) is 11.9. The molecule has 0 aliphatic carbocycles. The molecule has 0 saturated heterocycles. The molecular formula is C16H20N2O3. The summed E-state index contributed by atoms with van der Waals surface area (Å²) in [5.74, 6) is -1.27. The SMILES string of the molecule is C=CCCC(NC(=O)CN1CCc2ccccc21)C(=O)O. The number of carboxylic acid groups (broad SMARTS) is 1. The number of hydrogen-bond donors (Lipinski definition) is 2. The van der Waals surface area contributed by atoms with Crippen LogP contribution in [-0.2, 0) is 16.0 Å². The molecule has 0 spiro atoms. The molecule has 5 nitrogen and oxygen atoms in total. The van der Waals surface area contributed by atoms with Gasteiger partial charge in [-0.3, -0.25) is 4.79 Å². The number of amides is 1. The molecule has 1 atom stereocenters. The van der Waals surface area contributed by atoms with Crippen molar-refractivity contribution in [2.45, 2.75) is 25.3 Å². The summed E-state index contributed by atoms with van der Waals surface area (Å²) >= 11 is 0. The van der Waals surface area contributed by atoms with Gasteiger partial charge in [-0.1, -0.05) is 24.3 Å². The lowest BCUT2D eigenvalue weighted by atomic mass is 10.1. The largest absolute Gasteiger partial charge is 0.480 e. The molecule has 112 valence electrons. The van der Waals surface area contributed by atoms with E-state index in [2.05, 4.69) is 18.0 Å². The van der Waals surface area contributed by atoms with Crippen LogP contribution in [0.15, 0.2) is 36.9 Å². The number of rotatable bonds is 7.